The van der Waals surface area contributed by atoms with Gasteiger partial charge >= 0.3 is 0 Å². The van der Waals surface area contributed by atoms with E-state index in [4.69, 9.17) is 0 Å². The van der Waals surface area contributed by atoms with E-state index in [1.165, 1.54) is 15.9 Å². The van der Waals surface area contributed by atoms with Crippen LogP contribution in [-0.2, 0) is 17.8 Å². The Morgan fingerprint density at radius 1 is 1.42 bits per heavy atom. The van der Waals surface area contributed by atoms with Gasteiger partial charge in [0.2, 0.25) is 5.91 Å². The predicted octanol–water partition coefficient (Wildman–Crippen LogP) is 2.48. The average Bonchev–Trinajstić information content (AvgIpc) is 2.96. The zero-order valence-corrected chi connectivity index (χ0v) is 14.8. The van der Waals surface area contributed by atoms with E-state index in [0.717, 1.165) is 16.6 Å². The molecule has 1 amide bonds. The highest BCUT2D eigenvalue weighted by Gasteiger charge is 2.17. The number of nitrogens with zero attached hydrogens (tertiary/aromatic N) is 3. The van der Waals surface area contributed by atoms with Crippen molar-refractivity contribution in [3.8, 4) is 0 Å². The highest BCUT2D eigenvalue weighted by atomic mass is 32.1. The van der Waals surface area contributed by atoms with Gasteiger partial charge < -0.3 is 5.32 Å². The molecule has 24 heavy (non-hydrogen) atoms. The highest BCUT2D eigenvalue weighted by Crippen LogP contribution is 2.28. The summed E-state index contributed by atoms with van der Waals surface area (Å²) in [6, 6.07) is 3.85. The Hall–Kier alpha value is -2.28. The lowest BCUT2D eigenvalue weighted by Gasteiger charge is -2.14. The second-order valence-electron chi connectivity index (χ2n) is 5.79. The summed E-state index contributed by atoms with van der Waals surface area (Å²) in [5, 5.41) is 3.79. The van der Waals surface area contributed by atoms with Crippen LogP contribution in [0.5, 0.6) is 0 Å². The minimum absolute atomic E-state index is 0.00302. The normalized spacial score (nSPS) is 12.6. The van der Waals surface area contributed by atoms with Crippen LogP contribution in [0.2, 0.25) is 0 Å². The van der Waals surface area contributed by atoms with Crippen LogP contribution in [0.25, 0.3) is 20.4 Å². The molecule has 3 aromatic rings. The molecule has 0 aliphatic carbocycles. The van der Waals surface area contributed by atoms with E-state index in [1.54, 1.807) is 6.20 Å². The second-order valence-corrected chi connectivity index (χ2v) is 6.78. The van der Waals surface area contributed by atoms with Crippen molar-refractivity contribution in [2.45, 2.75) is 46.2 Å². The summed E-state index contributed by atoms with van der Waals surface area (Å²) >= 11 is 1.33. The van der Waals surface area contributed by atoms with E-state index in [1.807, 2.05) is 32.9 Å². The van der Waals surface area contributed by atoms with Gasteiger partial charge in [0, 0.05) is 24.0 Å². The summed E-state index contributed by atoms with van der Waals surface area (Å²) in [5.41, 5.74) is 0.516. The molecule has 1 atom stereocenters. The fraction of sp³-hybridized carbons (Fsp3) is 0.412. The van der Waals surface area contributed by atoms with Crippen LogP contribution in [0.1, 0.15) is 33.0 Å². The van der Waals surface area contributed by atoms with E-state index in [9.17, 15) is 9.59 Å². The number of hydrogen-bond acceptors (Lipinski definition) is 5. The van der Waals surface area contributed by atoms with Gasteiger partial charge in [0.25, 0.3) is 5.56 Å². The van der Waals surface area contributed by atoms with Gasteiger partial charge in [-0.05, 0) is 25.5 Å². The molecule has 7 heteroatoms. The fourth-order valence-corrected chi connectivity index (χ4v) is 3.64. The van der Waals surface area contributed by atoms with Crippen LogP contribution >= 0.6 is 11.3 Å². The Labute approximate surface area is 143 Å². The molecule has 3 heterocycles. The third-order valence-corrected chi connectivity index (χ3v) is 5.16. The zero-order valence-electron chi connectivity index (χ0n) is 14.0. The van der Waals surface area contributed by atoms with Crippen LogP contribution in [0.15, 0.2) is 23.1 Å². The number of fused-ring (bicyclic) bond motifs is 3. The molecule has 126 valence electrons. The quantitative estimate of drug-likeness (QED) is 0.771. The third kappa shape index (κ3) is 2.91. The molecule has 0 spiro atoms. The number of pyridine rings is 1. The molecule has 0 saturated carbocycles. The number of nitrogens with one attached hydrogen (secondary N) is 1. The van der Waals surface area contributed by atoms with Gasteiger partial charge in [0.05, 0.1) is 5.52 Å². The minimum atomic E-state index is -0.167. The molecule has 0 saturated heterocycles. The van der Waals surface area contributed by atoms with Gasteiger partial charge in [-0.25, -0.2) is 9.97 Å². The lowest BCUT2D eigenvalue weighted by molar-refractivity contribution is -0.122. The number of amides is 1. The standard InChI is InChI=1S/C17H20N4O2S/c1-4-10(3)19-13(22)9-21-12(5-2)20-14-11-7-6-8-18-16(11)24-15(14)17(21)23/h6-8,10H,4-5,9H2,1-3H3,(H,19,22)/t10-/m1/s1. The van der Waals surface area contributed by atoms with Gasteiger partial charge in [0.1, 0.15) is 21.9 Å². The molecular formula is C17H20N4O2S. The van der Waals surface area contributed by atoms with Crippen molar-refractivity contribution in [1.29, 1.82) is 0 Å². The predicted molar refractivity (Wildman–Crippen MR) is 96.5 cm³/mol. The molecule has 0 aliphatic rings. The average molecular weight is 344 g/mol. The van der Waals surface area contributed by atoms with E-state index < -0.39 is 0 Å². The zero-order chi connectivity index (χ0) is 17.3. The van der Waals surface area contributed by atoms with Gasteiger partial charge in [-0.3, -0.25) is 14.2 Å². The first-order valence-electron chi connectivity index (χ1n) is 8.11. The summed E-state index contributed by atoms with van der Waals surface area (Å²) in [7, 11) is 0. The number of thiophene rings is 1. The number of carbonyl (C=O) groups is 1. The summed E-state index contributed by atoms with van der Waals surface area (Å²) in [6.07, 6.45) is 3.14. The van der Waals surface area contributed by atoms with Crippen molar-refractivity contribution >= 4 is 37.7 Å². The summed E-state index contributed by atoms with van der Waals surface area (Å²) in [6.45, 7) is 5.88. The summed E-state index contributed by atoms with van der Waals surface area (Å²) in [4.78, 5) is 34.8. The number of carbonyl (C=O) groups excluding carboxylic acids is 1. The largest absolute Gasteiger partial charge is 0.352 e. The molecule has 0 bridgehead atoms. The summed E-state index contributed by atoms with van der Waals surface area (Å²) < 4.78 is 2.03. The third-order valence-electron chi connectivity index (χ3n) is 4.07. The van der Waals surface area contributed by atoms with Gasteiger partial charge in [-0.15, -0.1) is 11.3 Å². The van der Waals surface area contributed by atoms with Crippen LogP contribution in [0.3, 0.4) is 0 Å². The molecule has 0 unspecified atom stereocenters. The molecule has 3 rings (SSSR count). The SMILES string of the molecule is CCc1nc2c(sc3ncccc32)c(=O)n1CC(=O)N[C@H](C)CC. The molecule has 1 N–H and O–H groups in total. The maximum atomic E-state index is 12.9. The van der Waals surface area contributed by atoms with Crippen molar-refractivity contribution in [3.63, 3.8) is 0 Å². The van der Waals surface area contributed by atoms with Gasteiger partial charge in [-0.2, -0.15) is 0 Å². The molecule has 0 aromatic carbocycles. The van der Waals surface area contributed by atoms with E-state index in [0.29, 0.717) is 22.5 Å². The molecule has 0 aliphatic heterocycles. The molecule has 6 nitrogen and oxygen atoms in total. The Morgan fingerprint density at radius 2 is 2.21 bits per heavy atom. The summed E-state index contributed by atoms with van der Waals surface area (Å²) in [5.74, 6) is 0.455. The fourth-order valence-electron chi connectivity index (χ4n) is 2.60. The van der Waals surface area contributed by atoms with Gasteiger partial charge in [-0.1, -0.05) is 13.8 Å². The number of rotatable bonds is 5. The molecule has 3 aromatic heterocycles. The Morgan fingerprint density at radius 3 is 2.92 bits per heavy atom. The van der Waals surface area contributed by atoms with Crippen molar-refractivity contribution in [3.05, 3.63) is 34.5 Å². The monoisotopic (exact) mass is 344 g/mol. The minimum Gasteiger partial charge on any atom is -0.352 e. The molecule has 0 radical (unpaired) electrons. The van der Waals surface area contributed by atoms with E-state index >= 15 is 0 Å². The van der Waals surface area contributed by atoms with E-state index in [-0.39, 0.29) is 24.1 Å². The second kappa shape index (κ2) is 6.68. The van der Waals surface area contributed by atoms with E-state index in [2.05, 4.69) is 15.3 Å². The smallest absolute Gasteiger partial charge is 0.272 e. The number of aromatic nitrogens is 3. The number of hydrogen-bond donors (Lipinski definition) is 1. The number of aryl methyl sites for hydroxylation is 1. The van der Waals surface area contributed by atoms with Crippen LogP contribution in [-0.4, -0.2) is 26.5 Å². The van der Waals surface area contributed by atoms with Crippen molar-refractivity contribution in [1.82, 2.24) is 19.9 Å². The van der Waals surface area contributed by atoms with Crippen molar-refractivity contribution in [2.75, 3.05) is 0 Å². The van der Waals surface area contributed by atoms with Crippen LogP contribution < -0.4 is 10.9 Å². The first-order valence-corrected chi connectivity index (χ1v) is 8.93. The lowest BCUT2D eigenvalue weighted by Crippen LogP contribution is -2.38. The molecular weight excluding hydrogens is 324 g/mol. The lowest BCUT2D eigenvalue weighted by atomic mass is 10.2. The van der Waals surface area contributed by atoms with Crippen molar-refractivity contribution in [2.24, 2.45) is 0 Å². The molecule has 0 fully saturated rings. The maximum Gasteiger partial charge on any atom is 0.272 e. The van der Waals surface area contributed by atoms with Gasteiger partial charge in [0.15, 0.2) is 0 Å². The maximum absolute atomic E-state index is 12.9. The Bertz CT molecular complexity index is 960. The Kier molecular flexibility index (Phi) is 4.62. The van der Waals surface area contributed by atoms with Crippen molar-refractivity contribution < 1.29 is 4.79 Å². The topological polar surface area (TPSA) is 76.9 Å². The highest BCUT2D eigenvalue weighted by molar-refractivity contribution is 7.25. The first kappa shape index (κ1) is 16.6. The first-order chi connectivity index (χ1) is 11.5. The van der Waals surface area contributed by atoms with Crippen LogP contribution in [0, 0.1) is 0 Å². The Balaban J connectivity index is 2.10. The van der Waals surface area contributed by atoms with Crippen LogP contribution in [0.4, 0.5) is 0 Å².